The number of ether oxygens (including phenoxy) is 1. The topological polar surface area (TPSA) is 76.3 Å². The largest absolute Gasteiger partial charge is 0.496 e. The first-order chi connectivity index (χ1) is 10.2. The summed E-state index contributed by atoms with van der Waals surface area (Å²) in [7, 11) is 3.64. The van der Waals surface area contributed by atoms with Crippen LogP contribution in [0, 0.1) is 0 Å². The first kappa shape index (κ1) is 15.4. The zero-order chi connectivity index (χ0) is 15.2. The fraction of sp³-hybridized carbons (Fsp3) is 0.286. The van der Waals surface area contributed by atoms with Gasteiger partial charge in [-0.25, -0.2) is 15.8 Å². The molecule has 0 aliphatic carbocycles. The minimum Gasteiger partial charge on any atom is -0.496 e. The van der Waals surface area contributed by atoms with E-state index in [2.05, 4.69) is 15.4 Å². The number of nitrogens with one attached hydrogen (secondary N) is 1. The average molecular weight is 305 g/mol. The molecule has 0 aliphatic heterocycles. The number of methoxy groups -OCH3 is 1. The summed E-state index contributed by atoms with van der Waals surface area (Å²) in [4.78, 5) is 10.8. The van der Waals surface area contributed by atoms with Crippen molar-refractivity contribution in [1.29, 1.82) is 0 Å². The van der Waals surface area contributed by atoms with Gasteiger partial charge in [0.25, 0.3) is 0 Å². The highest BCUT2D eigenvalue weighted by Crippen LogP contribution is 2.23. The fourth-order valence-electron chi connectivity index (χ4n) is 1.94. The number of thioether (sulfide) groups is 1. The van der Waals surface area contributed by atoms with Gasteiger partial charge in [0.1, 0.15) is 17.4 Å². The van der Waals surface area contributed by atoms with Gasteiger partial charge in [0, 0.05) is 25.2 Å². The van der Waals surface area contributed by atoms with E-state index in [0.29, 0.717) is 17.5 Å². The molecule has 0 unspecified atom stereocenters. The molecule has 0 spiro atoms. The van der Waals surface area contributed by atoms with E-state index in [0.717, 1.165) is 17.1 Å². The predicted molar refractivity (Wildman–Crippen MR) is 86.7 cm³/mol. The molecule has 0 saturated carbocycles. The van der Waals surface area contributed by atoms with Crippen LogP contribution >= 0.6 is 11.8 Å². The summed E-state index contributed by atoms with van der Waals surface area (Å²) in [5.41, 5.74) is 3.66. The molecule has 21 heavy (non-hydrogen) atoms. The van der Waals surface area contributed by atoms with Crippen molar-refractivity contribution in [2.75, 3.05) is 30.7 Å². The number of para-hydroxylation sites is 1. The summed E-state index contributed by atoms with van der Waals surface area (Å²) in [5, 5.41) is 0.673. The number of hydrogen-bond acceptors (Lipinski definition) is 7. The predicted octanol–water partition coefficient (Wildman–Crippen LogP) is 2.13. The van der Waals surface area contributed by atoms with Gasteiger partial charge in [0.05, 0.1) is 7.11 Å². The van der Waals surface area contributed by atoms with Gasteiger partial charge in [-0.1, -0.05) is 30.0 Å². The third kappa shape index (κ3) is 3.77. The molecule has 0 fully saturated rings. The number of benzene rings is 1. The zero-order valence-corrected chi connectivity index (χ0v) is 13.1. The fourth-order valence-corrected chi connectivity index (χ4v) is 2.32. The number of nitrogen functional groups attached to an aromatic ring is 1. The molecule has 0 saturated heterocycles. The average Bonchev–Trinajstić information content (AvgIpc) is 2.54. The SMILES string of the molecule is COc1ccccc1CN(C)c1cc(NN)nc(SC)n1. The molecule has 0 aliphatic rings. The van der Waals surface area contributed by atoms with E-state index in [-0.39, 0.29) is 0 Å². The van der Waals surface area contributed by atoms with Gasteiger partial charge in [-0.3, -0.25) is 0 Å². The van der Waals surface area contributed by atoms with Crippen LogP contribution in [0.25, 0.3) is 0 Å². The quantitative estimate of drug-likeness (QED) is 0.366. The minimum atomic E-state index is 0.594. The smallest absolute Gasteiger partial charge is 0.191 e. The highest BCUT2D eigenvalue weighted by atomic mass is 32.2. The molecule has 2 aromatic rings. The van der Waals surface area contributed by atoms with E-state index in [1.54, 1.807) is 7.11 Å². The molecular formula is C14H19N5OS. The van der Waals surface area contributed by atoms with Crippen LogP contribution in [-0.4, -0.2) is 30.4 Å². The van der Waals surface area contributed by atoms with Crippen LogP contribution in [-0.2, 0) is 6.54 Å². The van der Waals surface area contributed by atoms with Gasteiger partial charge in [-0.2, -0.15) is 0 Å². The van der Waals surface area contributed by atoms with Crippen LogP contribution in [0.5, 0.6) is 5.75 Å². The summed E-state index contributed by atoms with van der Waals surface area (Å²) in [6, 6.07) is 9.74. The van der Waals surface area contributed by atoms with Crippen molar-refractivity contribution < 1.29 is 4.74 Å². The van der Waals surface area contributed by atoms with Gasteiger partial charge in [0.15, 0.2) is 5.16 Å². The molecule has 6 nitrogen and oxygen atoms in total. The standard InChI is InChI=1S/C14H19N5OS/c1-19(9-10-6-4-5-7-11(10)20-2)13-8-12(18-15)16-14(17-13)21-3/h4-8H,9,15H2,1-3H3,(H,16,17,18). The van der Waals surface area contributed by atoms with Gasteiger partial charge in [-0.05, 0) is 12.3 Å². The second-order valence-corrected chi connectivity index (χ2v) is 5.18. The summed E-state index contributed by atoms with van der Waals surface area (Å²) in [5.74, 6) is 7.71. The van der Waals surface area contributed by atoms with Crippen LogP contribution < -0.4 is 20.9 Å². The van der Waals surface area contributed by atoms with Gasteiger partial charge in [-0.15, -0.1) is 0 Å². The highest BCUT2D eigenvalue weighted by molar-refractivity contribution is 7.98. The lowest BCUT2D eigenvalue weighted by Crippen LogP contribution is -2.19. The van der Waals surface area contributed by atoms with E-state index >= 15 is 0 Å². The Morgan fingerprint density at radius 1 is 1.33 bits per heavy atom. The van der Waals surface area contributed by atoms with Crippen molar-refractivity contribution in [2.45, 2.75) is 11.7 Å². The molecule has 3 N–H and O–H groups in total. The van der Waals surface area contributed by atoms with Crippen molar-refractivity contribution in [3.63, 3.8) is 0 Å². The van der Waals surface area contributed by atoms with Crippen molar-refractivity contribution in [2.24, 2.45) is 5.84 Å². The summed E-state index contributed by atoms with van der Waals surface area (Å²) < 4.78 is 5.38. The molecule has 1 heterocycles. The minimum absolute atomic E-state index is 0.594. The number of aromatic nitrogens is 2. The lowest BCUT2D eigenvalue weighted by molar-refractivity contribution is 0.409. The van der Waals surface area contributed by atoms with Crippen LogP contribution in [0.15, 0.2) is 35.5 Å². The Morgan fingerprint density at radius 3 is 2.76 bits per heavy atom. The van der Waals surface area contributed by atoms with Crippen LogP contribution in [0.1, 0.15) is 5.56 Å². The maximum Gasteiger partial charge on any atom is 0.191 e. The lowest BCUT2D eigenvalue weighted by atomic mass is 10.2. The summed E-state index contributed by atoms with van der Waals surface area (Å²) >= 11 is 1.47. The highest BCUT2D eigenvalue weighted by Gasteiger charge is 2.10. The van der Waals surface area contributed by atoms with Gasteiger partial charge in [0.2, 0.25) is 0 Å². The van der Waals surface area contributed by atoms with E-state index in [9.17, 15) is 0 Å². The normalized spacial score (nSPS) is 10.3. The van der Waals surface area contributed by atoms with E-state index in [4.69, 9.17) is 10.6 Å². The third-order valence-electron chi connectivity index (χ3n) is 3.01. The second kappa shape index (κ2) is 7.14. The Labute approximate surface area is 128 Å². The molecule has 7 heteroatoms. The van der Waals surface area contributed by atoms with Crippen LogP contribution in [0.3, 0.4) is 0 Å². The molecule has 1 aromatic carbocycles. The molecule has 2 rings (SSSR count). The maximum absolute atomic E-state index is 5.45. The Morgan fingerprint density at radius 2 is 2.10 bits per heavy atom. The lowest BCUT2D eigenvalue weighted by Gasteiger charge is -2.20. The number of anilines is 2. The van der Waals surface area contributed by atoms with E-state index in [1.165, 1.54) is 11.8 Å². The van der Waals surface area contributed by atoms with Crippen LogP contribution in [0.4, 0.5) is 11.6 Å². The first-order valence-corrected chi connectivity index (χ1v) is 7.63. The van der Waals surface area contributed by atoms with E-state index in [1.807, 2.05) is 48.5 Å². The monoisotopic (exact) mass is 305 g/mol. The van der Waals surface area contributed by atoms with Gasteiger partial charge >= 0.3 is 0 Å². The number of rotatable bonds is 6. The Balaban J connectivity index is 2.25. The maximum atomic E-state index is 5.45. The zero-order valence-electron chi connectivity index (χ0n) is 12.3. The number of hydrogen-bond donors (Lipinski definition) is 2. The van der Waals surface area contributed by atoms with E-state index < -0.39 is 0 Å². The van der Waals surface area contributed by atoms with Crippen molar-refractivity contribution in [3.05, 3.63) is 35.9 Å². The number of nitrogens with zero attached hydrogens (tertiary/aromatic N) is 3. The Bertz CT molecular complexity index is 585. The summed E-state index contributed by atoms with van der Waals surface area (Å²) in [6.45, 7) is 0.679. The van der Waals surface area contributed by atoms with Crippen molar-refractivity contribution >= 4 is 23.4 Å². The summed E-state index contributed by atoms with van der Waals surface area (Å²) in [6.07, 6.45) is 1.93. The molecular weight excluding hydrogens is 286 g/mol. The molecule has 0 amide bonds. The van der Waals surface area contributed by atoms with Crippen LogP contribution in [0.2, 0.25) is 0 Å². The van der Waals surface area contributed by atoms with Crippen molar-refractivity contribution in [1.82, 2.24) is 9.97 Å². The number of hydrazine groups is 1. The molecule has 0 radical (unpaired) electrons. The second-order valence-electron chi connectivity index (χ2n) is 4.41. The Kier molecular flexibility index (Phi) is 5.24. The van der Waals surface area contributed by atoms with Gasteiger partial charge < -0.3 is 15.1 Å². The third-order valence-corrected chi connectivity index (χ3v) is 3.56. The molecule has 0 bridgehead atoms. The van der Waals surface area contributed by atoms with Crippen molar-refractivity contribution in [3.8, 4) is 5.75 Å². The number of nitrogens with two attached hydrogens (primary N) is 1. The molecule has 1 aromatic heterocycles. The molecule has 112 valence electrons. The Hall–Kier alpha value is -1.99. The molecule has 0 atom stereocenters. The first-order valence-electron chi connectivity index (χ1n) is 6.40.